The van der Waals surface area contributed by atoms with Crippen molar-refractivity contribution in [1.29, 1.82) is 0 Å². The van der Waals surface area contributed by atoms with Gasteiger partial charge in [0.15, 0.2) is 5.43 Å². The first kappa shape index (κ1) is 30.1. The van der Waals surface area contributed by atoms with E-state index in [4.69, 9.17) is 19.6 Å². The third-order valence-electron chi connectivity index (χ3n) is 8.52. The molecule has 5 N–H and O–H groups in total. The molecule has 9 heteroatoms. The van der Waals surface area contributed by atoms with Crippen LogP contribution in [-0.4, -0.2) is 34.1 Å². The van der Waals surface area contributed by atoms with E-state index in [0.717, 1.165) is 18.1 Å². The lowest BCUT2D eigenvalue weighted by Gasteiger charge is -2.47. The molecule has 0 fully saturated rings. The second kappa shape index (κ2) is 12.5. The molecular weight excluding hydrogens is 548 g/mol. The number of rotatable bonds is 9. The number of aromatic hydroxyl groups is 1. The van der Waals surface area contributed by atoms with Gasteiger partial charge in [-0.25, -0.2) is 4.79 Å². The highest BCUT2D eigenvalue weighted by Crippen LogP contribution is 2.47. The van der Waals surface area contributed by atoms with Crippen LogP contribution >= 0.6 is 0 Å². The normalized spacial score (nSPS) is 22.3. The van der Waals surface area contributed by atoms with E-state index in [1.165, 1.54) is 5.56 Å². The van der Waals surface area contributed by atoms with Crippen LogP contribution in [0, 0.1) is 5.92 Å². The summed E-state index contributed by atoms with van der Waals surface area (Å²) < 4.78 is 18.6. The van der Waals surface area contributed by atoms with Crippen molar-refractivity contribution in [3.05, 3.63) is 105 Å². The van der Waals surface area contributed by atoms with Crippen LogP contribution in [0.2, 0.25) is 0 Å². The second-order valence-corrected chi connectivity index (χ2v) is 11.4. The van der Waals surface area contributed by atoms with Gasteiger partial charge < -0.3 is 35.2 Å². The van der Waals surface area contributed by atoms with Crippen LogP contribution in [0.4, 0.5) is 0 Å². The number of phenols is 1. The SMILES string of the molecule is C/C=C(/C)C(=O)O[C@@H]1Cc2c(cc3oc(CO)cc(=O)c3c2O)O[C@@]1(C)[C@H](CCc1ccccc1)CC1=CNC(N)C=C1. The van der Waals surface area contributed by atoms with Crippen molar-refractivity contribution < 1.29 is 28.9 Å². The quantitative estimate of drug-likeness (QED) is 0.210. The molecule has 1 unspecified atom stereocenters. The number of aliphatic hydroxyl groups is 1. The first-order chi connectivity index (χ1) is 20.6. The molecule has 2 aromatic carbocycles. The first-order valence-electron chi connectivity index (χ1n) is 14.5. The Hall–Kier alpha value is -4.34. The van der Waals surface area contributed by atoms with Gasteiger partial charge in [0.25, 0.3) is 0 Å². The van der Waals surface area contributed by atoms with Gasteiger partial charge in [0.05, 0.1) is 6.17 Å². The molecule has 0 bridgehead atoms. The summed E-state index contributed by atoms with van der Waals surface area (Å²) in [6.45, 7) is 4.92. The van der Waals surface area contributed by atoms with Crippen molar-refractivity contribution in [2.24, 2.45) is 11.7 Å². The fourth-order valence-corrected chi connectivity index (χ4v) is 5.79. The summed E-state index contributed by atoms with van der Waals surface area (Å²) in [4.78, 5) is 26.0. The van der Waals surface area contributed by atoms with E-state index in [1.54, 1.807) is 26.0 Å². The third kappa shape index (κ3) is 6.23. The van der Waals surface area contributed by atoms with Crippen molar-refractivity contribution in [3.63, 3.8) is 0 Å². The predicted molar refractivity (Wildman–Crippen MR) is 163 cm³/mol. The summed E-state index contributed by atoms with van der Waals surface area (Å²) in [6, 6.07) is 12.9. The molecule has 2 aliphatic rings. The van der Waals surface area contributed by atoms with Gasteiger partial charge in [0.2, 0.25) is 0 Å². The number of fused-ring (bicyclic) bond motifs is 2. The Bertz CT molecular complexity index is 1660. The van der Waals surface area contributed by atoms with Crippen LogP contribution in [-0.2, 0) is 29.0 Å². The van der Waals surface area contributed by atoms with E-state index in [9.17, 15) is 19.8 Å². The number of aliphatic hydroxyl groups excluding tert-OH is 1. The first-order valence-corrected chi connectivity index (χ1v) is 14.5. The number of ether oxygens (including phenoxy) is 2. The fourth-order valence-electron chi connectivity index (χ4n) is 5.79. The number of carbonyl (C=O) groups is 1. The number of nitrogens with two attached hydrogens (primary N) is 1. The molecule has 0 radical (unpaired) electrons. The molecular formula is C34H38N2O7. The largest absolute Gasteiger partial charge is 0.507 e. The van der Waals surface area contributed by atoms with Gasteiger partial charge in [-0.3, -0.25) is 4.79 Å². The van der Waals surface area contributed by atoms with Gasteiger partial charge in [-0.05, 0) is 57.2 Å². The number of benzene rings is 2. The van der Waals surface area contributed by atoms with Crippen LogP contribution in [0.15, 0.2) is 87.3 Å². The van der Waals surface area contributed by atoms with Crippen LogP contribution in [0.1, 0.15) is 50.5 Å². The van der Waals surface area contributed by atoms with Crippen molar-refractivity contribution in [3.8, 4) is 11.5 Å². The minimum absolute atomic E-state index is 0.0154. The van der Waals surface area contributed by atoms with E-state index in [2.05, 4.69) is 17.4 Å². The fraction of sp³-hybridized carbons (Fsp3) is 0.353. The summed E-state index contributed by atoms with van der Waals surface area (Å²) in [7, 11) is 0. The zero-order valence-corrected chi connectivity index (χ0v) is 24.6. The van der Waals surface area contributed by atoms with Crippen molar-refractivity contribution >= 4 is 16.9 Å². The van der Waals surface area contributed by atoms with Gasteiger partial charge in [0.1, 0.15) is 46.5 Å². The van der Waals surface area contributed by atoms with Gasteiger partial charge in [-0.1, -0.05) is 42.5 Å². The number of hydrogen-bond acceptors (Lipinski definition) is 9. The van der Waals surface area contributed by atoms with E-state index < -0.39 is 29.7 Å². The van der Waals surface area contributed by atoms with Crippen LogP contribution in [0.5, 0.6) is 11.5 Å². The number of hydrogen-bond donors (Lipinski definition) is 4. The zero-order valence-electron chi connectivity index (χ0n) is 24.6. The zero-order chi connectivity index (χ0) is 30.7. The highest BCUT2D eigenvalue weighted by molar-refractivity contribution is 5.88. The molecule has 0 aliphatic carbocycles. The average Bonchev–Trinajstić information content (AvgIpc) is 3.00. The molecule has 0 saturated carbocycles. The summed E-state index contributed by atoms with van der Waals surface area (Å²) in [6.07, 6.45) is 8.58. The Kier molecular flexibility index (Phi) is 8.75. The minimum atomic E-state index is -1.05. The van der Waals surface area contributed by atoms with Crippen molar-refractivity contribution in [2.45, 2.75) is 70.9 Å². The predicted octanol–water partition coefficient (Wildman–Crippen LogP) is 4.53. The maximum absolute atomic E-state index is 13.1. The van der Waals surface area contributed by atoms with E-state index in [0.29, 0.717) is 29.7 Å². The van der Waals surface area contributed by atoms with Crippen LogP contribution in [0.25, 0.3) is 11.0 Å². The number of nitrogens with one attached hydrogen (secondary N) is 1. The molecule has 226 valence electrons. The summed E-state index contributed by atoms with van der Waals surface area (Å²) in [5.41, 5.74) is 7.56. The van der Waals surface area contributed by atoms with Crippen LogP contribution < -0.4 is 21.2 Å². The molecule has 43 heavy (non-hydrogen) atoms. The molecule has 0 amide bonds. The number of phenolic OH excluding ortho intramolecular Hbond substituents is 1. The summed E-state index contributed by atoms with van der Waals surface area (Å²) in [5, 5.41) is 24.0. The maximum atomic E-state index is 13.1. The highest BCUT2D eigenvalue weighted by atomic mass is 16.6. The molecule has 2 aliphatic heterocycles. The minimum Gasteiger partial charge on any atom is -0.507 e. The standard InChI is InChI=1S/C34H38N2O7/c1-4-20(2)33(40)42-29-16-25-27(17-28-31(32(25)39)26(38)15-24(19-37)41-28)43-34(29,3)23(12-10-21-8-6-5-7-9-21)14-22-11-13-30(35)36-18-22/h4-9,11,13,15,17-18,23,29-30,36-37,39H,10,12,14,16,19,35H2,1-3H3/b20-4-/t23-,29-,30?,34+/m1/s1. The lowest BCUT2D eigenvalue weighted by atomic mass is 9.73. The van der Waals surface area contributed by atoms with Gasteiger partial charge >= 0.3 is 5.97 Å². The Morgan fingerprint density at radius 1 is 1.28 bits per heavy atom. The Balaban J connectivity index is 1.61. The maximum Gasteiger partial charge on any atom is 0.333 e. The smallest absolute Gasteiger partial charge is 0.333 e. The van der Waals surface area contributed by atoms with E-state index in [-0.39, 0.29) is 41.0 Å². The number of esters is 1. The summed E-state index contributed by atoms with van der Waals surface area (Å²) in [5.74, 6) is -0.520. The van der Waals surface area contributed by atoms with Gasteiger partial charge in [0, 0.05) is 41.8 Å². The molecule has 5 rings (SSSR count). The van der Waals surface area contributed by atoms with Gasteiger partial charge in [-0.15, -0.1) is 0 Å². The Labute approximate surface area is 250 Å². The van der Waals surface area contributed by atoms with Gasteiger partial charge in [-0.2, -0.15) is 0 Å². The number of aryl methyl sites for hydroxylation is 1. The number of dihydropyridines is 1. The van der Waals surface area contributed by atoms with E-state index >= 15 is 0 Å². The van der Waals surface area contributed by atoms with Crippen molar-refractivity contribution in [1.82, 2.24) is 5.32 Å². The summed E-state index contributed by atoms with van der Waals surface area (Å²) >= 11 is 0. The Morgan fingerprint density at radius 3 is 2.72 bits per heavy atom. The Morgan fingerprint density at radius 2 is 2.05 bits per heavy atom. The number of allylic oxidation sites excluding steroid dienone is 3. The van der Waals surface area contributed by atoms with Crippen LogP contribution in [0.3, 0.4) is 0 Å². The highest BCUT2D eigenvalue weighted by Gasteiger charge is 2.50. The lowest BCUT2D eigenvalue weighted by Crippen LogP contribution is -2.56. The average molecular weight is 587 g/mol. The van der Waals surface area contributed by atoms with E-state index in [1.807, 2.05) is 43.5 Å². The lowest BCUT2D eigenvalue weighted by molar-refractivity contribution is -0.164. The third-order valence-corrected chi connectivity index (χ3v) is 8.52. The molecule has 3 aromatic rings. The second-order valence-electron chi connectivity index (χ2n) is 11.4. The molecule has 0 saturated heterocycles. The molecule has 9 nitrogen and oxygen atoms in total. The molecule has 0 spiro atoms. The molecule has 1 aromatic heterocycles. The monoisotopic (exact) mass is 586 g/mol. The topological polar surface area (TPSA) is 144 Å². The number of carbonyl (C=O) groups excluding carboxylic acids is 1. The molecule has 3 heterocycles. The van der Waals surface area contributed by atoms with Crippen molar-refractivity contribution in [2.75, 3.05) is 0 Å². The molecule has 4 atom stereocenters.